The van der Waals surface area contributed by atoms with E-state index in [9.17, 15) is 21.6 Å². The Kier molecular flexibility index (Phi) is 3.80. The van der Waals surface area contributed by atoms with Crippen LogP contribution < -0.4 is 9.86 Å². The third-order valence-electron chi connectivity index (χ3n) is 2.05. The fourth-order valence-corrected chi connectivity index (χ4v) is 1.93. The highest BCUT2D eigenvalue weighted by molar-refractivity contribution is 7.87. The number of nitrogens with one attached hydrogen (secondary N) is 1. The smallest absolute Gasteiger partial charge is 0.216 e. The second-order valence-corrected chi connectivity index (χ2v) is 4.83. The van der Waals surface area contributed by atoms with Gasteiger partial charge in [0.15, 0.2) is 0 Å². The number of hydrogen-bond donors (Lipinski definition) is 2. The van der Waals surface area contributed by atoms with Crippen molar-refractivity contribution in [2.24, 2.45) is 5.14 Å². The fourth-order valence-electron chi connectivity index (χ4n) is 1.30. The molecule has 0 aliphatic heterocycles. The highest BCUT2D eigenvalue weighted by atomic mass is 32.2. The largest absolute Gasteiger partial charge is 0.416 e. The molecule has 3 N–H and O–H groups in total. The standard InChI is InChI=1S/C9H11F3N2O2S/c1-6(14-17(13,15)16)7-3-2-4-8(5-7)9(10,11)12/h2-6,14H,1H3,(H2,13,15,16). The molecule has 0 aliphatic carbocycles. The van der Waals surface area contributed by atoms with Crippen LogP contribution in [0.3, 0.4) is 0 Å². The van der Waals surface area contributed by atoms with Gasteiger partial charge < -0.3 is 0 Å². The van der Waals surface area contributed by atoms with Crippen molar-refractivity contribution >= 4 is 10.2 Å². The SMILES string of the molecule is CC(NS(N)(=O)=O)c1cccc(C(F)(F)F)c1. The monoisotopic (exact) mass is 268 g/mol. The molecule has 0 amide bonds. The molecule has 8 heteroatoms. The van der Waals surface area contributed by atoms with Crippen LogP contribution in [-0.4, -0.2) is 8.42 Å². The van der Waals surface area contributed by atoms with Crippen molar-refractivity contribution in [3.05, 3.63) is 35.4 Å². The van der Waals surface area contributed by atoms with E-state index >= 15 is 0 Å². The van der Waals surface area contributed by atoms with Gasteiger partial charge in [-0.2, -0.15) is 26.3 Å². The maximum Gasteiger partial charge on any atom is 0.416 e. The molecule has 4 nitrogen and oxygen atoms in total. The van der Waals surface area contributed by atoms with Crippen LogP contribution in [-0.2, 0) is 16.4 Å². The number of halogens is 3. The first-order valence-electron chi connectivity index (χ1n) is 4.57. The highest BCUT2D eigenvalue weighted by Gasteiger charge is 2.30. The summed E-state index contributed by atoms with van der Waals surface area (Å²) in [6, 6.07) is 3.56. The predicted molar refractivity (Wildman–Crippen MR) is 56.1 cm³/mol. The number of benzene rings is 1. The van der Waals surface area contributed by atoms with E-state index in [-0.39, 0.29) is 5.56 Å². The summed E-state index contributed by atoms with van der Waals surface area (Å²) in [6.07, 6.45) is -4.46. The molecule has 1 unspecified atom stereocenters. The van der Waals surface area contributed by atoms with Gasteiger partial charge in [-0.3, -0.25) is 0 Å². The van der Waals surface area contributed by atoms with Crippen LogP contribution in [0.4, 0.5) is 13.2 Å². The Labute approximate surface area is 96.8 Å². The predicted octanol–water partition coefficient (Wildman–Crippen LogP) is 1.56. The zero-order valence-electron chi connectivity index (χ0n) is 8.82. The molecule has 1 aromatic rings. The average Bonchev–Trinajstić information content (AvgIpc) is 2.14. The van der Waals surface area contributed by atoms with Crippen LogP contribution in [0.15, 0.2) is 24.3 Å². The summed E-state index contributed by atoms with van der Waals surface area (Å²) in [5.74, 6) is 0. The van der Waals surface area contributed by atoms with Gasteiger partial charge in [0.2, 0.25) is 0 Å². The molecular weight excluding hydrogens is 257 g/mol. The van der Waals surface area contributed by atoms with Crippen molar-refractivity contribution in [3.8, 4) is 0 Å². The minimum Gasteiger partial charge on any atom is -0.216 e. The number of alkyl halides is 3. The molecule has 0 saturated carbocycles. The number of rotatable bonds is 3. The lowest BCUT2D eigenvalue weighted by Crippen LogP contribution is -2.33. The lowest BCUT2D eigenvalue weighted by atomic mass is 10.1. The number of nitrogens with two attached hydrogens (primary N) is 1. The molecule has 1 atom stereocenters. The van der Waals surface area contributed by atoms with Crippen LogP contribution in [0, 0.1) is 0 Å². The Balaban J connectivity index is 3.00. The molecule has 96 valence electrons. The summed E-state index contributed by atoms with van der Waals surface area (Å²) < 4.78 is 60.7. The van der Waals surface area contributed by atoms with Crippen LogP contribution in [0.2, 0.25) is 0 Å². The van der Waals surface area contributed by atoms with Gasteiger partial charge in [-0.25, -0.2) is 5.14 Å². The molecule has 0 fully saturated rings. The molecule has 0 heterocycles. The molecule has 17 heavy (non-hydrogen) atoms. The Hall–Kier alpha value is -1.12. The summed E-state index contributed by atoms with van der Waals surface area (Å²) >= 11 is 0. The molecule has 0 bridgehead atoms. The maximum atomic E-state index is 12.4. The molecule has 0 aromatic heterocycles. The Morgan fingerprint density at radius 2 is 1.94 bits per heavy atom. The zero-order valence-corrected chi connectivity index (χ0v) is 9.64. The Morgan fingerprint density at radius 1 is 1.35 bits per heavy atom. The maximum absolute atomic E-state index is 12.4. The van der Waals surface area contributed by atoms with E-state index in [0.29, 0.717) is 0 Å². The molecule has 1 rings (SSSR count). The van der Waals surface area contributed by atoms with E-state index in [0.717, 1.165) is 12.1 Å². The van der Waals surface area contributed by atoms with E-state index in [2.05, 4.69) is 0 Å². The van der Waals surface area contributed by atoms with E-state index in [1.54, 1.807) is 0 Å². The second kappa shape index (κ2) is 4.63. The van der Waals surface area contributed by atoms with Crippen molar-refractivity contribution in [1.29, 1.82) is 0 Å². The quantitative estimate of drug-likeness (QED) is 0.873. The minimum absolute atomic E-state index is 0.189. The lowest BCUT2D eigenvalue weighted by molar-refractivity contribution is -0.137. The molecule has 0 aliphatic rings. The second-order valence-electron chi connectivity index (χ2n) is 3.51. The van der Waals surface area contributed by atoms with Gasteiger partial charge in [-0.15, -0.1) is 0 Å². The van der Waals surface area contributed by atoms with E-state index in [1.165, 1.54) is 19.1 Å². The molecule has 0 radical (unpaired) electrons. The summed E-state index contributed by atoms with van der Waals surface area (Å²) in [4.78, 5) is 0. The van der Waals surface area contributed by atoms with Gasteiger partial charge in [0.1, 0.15) is 0 Å². The normalized spacial score (nSPS) is 14.6. The first-order chi connectivity index (χ1) is 7.59. The molecule has 1 aromatic carbocycles. The average molecular weight is 268 g/mol. The van der Waals surface area contributed by atoms with Gasteiger partial charge in [0, 0.05) is 6.04 Å². The van der Waals surface area contributed by atoms with Gasteiger partial charge in [-0.1, -0.05) is 12.1 Å². The van der Waals surface area contributed by atoms with Crippen LogP contribution >= 0.6 is 0 Å². The number of hydrogen-bond acceptors (Lipinski definition) is 2. The van der Waals surface area contributed by atoms with E-state index in [1.807, 2.05) is 4.72 Å². The van der Waals surface area contributed by atoms with Crippen molar-refractivity contribution in [3.63, 3.8) is 0 Å². The Bertz CT molecular complexity index is 499. The molecular formula is C9H11F3N2O2S. The summed E-state index contributed by atoms with van der Waals surface area (Å²) in [5.41, 5.74) is -0.646. The summed E-state index contributed by atoms with van der Waals surface area (Å²) in [5, 5.41) is 4.74. The topological polar surface area (TPSA) is 72.2 Å². The fraction of sp³-hybridized carbons (Fsp3) is 0.333. The Morgan fingerprint density at radius 3 is 2.41 bits per heavy atom. The van der Waals surface area contributed by atoms with Crippen molar-refractivity contribution < 1.29 is 21.6 Å². The first kappa shape index (κ1) is 13.9. The zero-order chi connectivity index (χ0) is 13.3. The third kappa shape index (κ3) is 4.33. The van der Waals surface area contributed by atoms with Crippen LogP contribution in [0.1, 0.15) is 24.1 Å². The lowest BCUT2D eigenvalue weighted by Gasteiger charge is -2.14. The van der Waals surface area contributed by atoms with Crippen molar-refractivity contribution in [2.45, 2.75) is 19.1 Å². The summed E-state index contributed by atoms with van der Waals surface area (Å²) in [7, 11) is -3.95. The van der Waals surface area contributed by atoms with Crippen molar-refractivity contribution in [2.75, 3.05) is 0 Å². The minimum atomic E-state index is -4.46. The molecule has 0 saturated heterocycles. The van der Waals surface area contributed by atoms with Gasteiger partial charge in [-0.05, 0) is 24.6 Å². The van der Waals surface area contributed by atoms with E-state index in [4.69, 9.17) is 5.14 Å². The first-order valence-corrected chi connectivity index (χ1v) is 6.11. The highest BCUT2D eigenvalue weighted by Crippen LogP contribution is 2.30. The van der Waals surface area contributed by atoms with E-state index < -0.39 is 28.0 Å². The van der Waals surface area contributed by atoms with Gasteiger partial charge >= 0.3 is 6.18 Å². The van der Waals surface area contributed by atoms with Crippen LogP contribution in [0.5, 0.6) is 0 Å². The van der Waals surface area contributed by atoms with Gasteiger partial charge in [0.05, 0.1) is 5.56 Å². The third-order valence-corrected chi connectivity index (χ3v) is 2.74. The van der Waals surface area contributed by atoms with Gasteiger partial charge in [0.25, 0.3) is 10.2 Å². The van der Waals surface area contributed by atoms with Crippen molar-refractivity contribution in [1.82, 2.24) is 4.72 Å². The molecule has 0 spiro atoms. The summed E-state index contributed by atoms with van der Waals surface area (Å²) in [6.45, 7) is 1.40. The van der Waals surface area contributed by atoms with Crippen LogP contribution in [0.25, 0.3) is 0 Å².